The van der Waals surface area contributed by atoms with Crippen LogP contribution in [-0.2, 0) is 10.8 Å². The fourth-order valence-electron chi connectivity index (χ4n) is 4.77. The van der Waals surface area contributed by atoms with Gasteiger partial charge in [-0.3, -0.25) is 0 Å². The Labute approximate surface area is 229 Å². The SMILES string of the molecule is C=C(C)C(=C)/C=C\C=C/CC1(C/C=C\CC)C(C)=C(/C=C\C(C)C(C)(C)C)c2ccc(C(C)(C)C)cc21. The monoisotopic (exact) mass is 496 g/mol. The van der Waals surface area contributed by atoms with Crippen LogP contribution in [-0.4, -0.2) is 0 Å². The molecule has 0 fully saturated rings. The first-order chi connectivity index (χ1) is 17.1. The minimum absolute atomic E-state index is 0.0530. The Hall–Kier alpha value is -2.60. The summed E-state index contributed by atoms with van der Waals surface area (Å²) in [6.45, 7) is 30.9. The molecule has 0 spiro atoms. The normalized spacial score (nSPS) is 19.6. The molecule has 0 heterocycles. The Balaban J connectivity index is 2.68. The van der Waals surface area contributed by atoms with Gasteiger partial charge in [0.1, 0.15) is 0 Å². The van der Waals surface area contributed by atoms with Gasteiger partial charge >= 0.3 is 0 Å². The van der Waals surface area contributed by atoms with Crippen molar-refractivity contribution in [2.45, 2.75) is 99.3 Å². The predicted octanol–water partition coefficient (Wildman–Crippen LogP) is 11.2. The van der Waals surface area contributed by atoms with Crippen LogP contribution in [0.1, 0.15) is 105 Å². The van der Waals surface area contributed by atoms with Gasteiger partial charge in [-0.05, 0) is 77.7 Å². The molecule has 200 valence electrons. The lowest BCUT2D eigenvalue weighted by Crippen LogP contribution is -2.25. The number of rotatable bonds is 10. The van der Waals surface area contributed by atoms with E-state index >= 15 is 0 Å². The molecule has 1 aliphatic rings. The second-order valence-electron chi connectivity index (χ2n) is 13.0. The average molecular weight is 497 g/mol. The first-order valence-electron chi connectivity index (χ1n) is 14.0. The lowest BCUT2D eigenvalue weighted by molar-refractivity contribution is 0.314. The summed E-state index contributed by atoms with van der Waals surface area (Å²) in [7, 11) is 0. The van der Waals surface area contributed by atoms with Crippen LogP contribution in [0, 0.1) is 11.3 Å². The summed E-state index contributed by atoms with van der Waals surface area (Å²) >= 11 is 0. The van der Waals surface area contributed by atoms with Gasteiger partial charge in [-0.25, -0.2) is 0 Å². The topological polar surface area (TPSA) is 0 Å². The Morgan fingerprint density at radius 1 is 0.973 bits per heavy atom. The number of hydrogen-bond acceptors (Lipinski definition) is 0. The van der Waals surface area contributed by atoms with Crippen LogP contribution in [0.3, 0.4) is 0 Å². The van der Waals surface area contributed by atoms with Crippen LogP contribution in [0.15, 0.2) is 96.7 Å². The third-order valence-corrected chi connectivity index (χ3v) is 8.16. The molecule has 0 saturated carbocycles. The molecule has 1 aromatic carbocycles. The van der Waals surface area contributed by atoms with E-state index < -0.39 is 0 Å². The highest BCUT2D eigenvalue weighted by Gasteiger charge is 2.41. The molecular formula is C37H52. The zero-order chi connectivity index (χ0) is 28.0. The molecule has 1 aliphatic carbocycles. The summed E-state index contributed by atoms with van der Waals surface area (Å²) in [5.41, 5.74) is 9.42. The highest BCUT2D eigenvalue weighted by atomic mass is 14.4. The van der Waals surface area contributed by atoms with Crippen molar-refractivity contribution in [1.29, 1.82) is 0 Å². The van der Waals surface area contributed by atoms with Crippen molar-refractivity contribution >= 4 is 5.57 Å². The fourth-order valence-corrected chi connectivity index (χ4v) is 4.77. The van der Waals surface area contributed by atoms with E-state index in [0.717, 1.165) is 30.4 Å². The summed E-state index contributed by atoms with van der Waals surface area (Å²) in [5.74, 6) is 0.492. The molecule has 0 aliphatic heterocycles. The van der Waals surface area contributed by atoms with Gasteiger partial charge in [0.25, 0.3) is 0 Å². The maximum absolute atomic E-state index is 4.08. The molecule has 0 nitrogen and oxygen atoms in total. The van der Waals surface area contributed by atoms with Gasteiger partial charge in [0.2, 0.25) is 0 Å². The molecular weight excluding hydrogens is 444 g/mol. The van der Waals surface area contributed by atoms with E-state index in [1.54, 1.807) is 0 Å². The van der Waals surface area contributed by atoms with Crippen molar-refractivity contribution in [2.24, 2.45) is 11.3 Å². The Bertz CT molecular complexity index is 1130. The smallest absolute Gasteiger partial charge is 0.0243 e. The lowest BCUT2D eigenvalue weighted by Gasteiger charge is -2.32. The highest BCUT2D eigenvalue weighted by Crippen LogP contribution is 2.52. The predicted molar refractivity (Wildman–Crippen MR) is 168 cm³/mol. The Kier molecular flexibility index (Phi) is 10.2. The molecule has 0 amide bonds. The van der Waals surface area contributed by atoms with E-state index in [9.17, 15) is 0 Å². The number of benzene rings is 1. The Morgan fingerprint density at radius 3 is 2.19 bits per heavy atom. The van der Waals surface area contributed by atoms with E-state index in [-0.39, 0.29) is 16.2 Å². The van der Waals surface area contributed by atoms with E-state index in [1.165, 1.54) is 27.8 Å². The van der Waals surface area contributed by atoms with Crippen molar-refractivity contribution in [3.8, 4) is 0 Å². The number of fused-ring (bicyclic) bond motifs is 1. The molecule has 0 radical (unpaired) electrons. The van der Waals surface area contributed by atoms with Crippen molar-refractivity contribution in [1.82, 2.24) is 0 Å². The van der Waals surface area contributed by atoms with E-state index in [1.807, 2.05) is 13.0 Å². The summed E-state index contributed by atoms with van der Waals surface area (Å²) in [6.07, 6.45) is 21.2. The van der Waals surface area contributed by atoms with Gasteiger partial charge < -0.3 is 0 Å². The van der Waals surface area contributed by atoms with Gasteiger partial charge in [0.15, 0.2) is 0 Å². The summed E-state index contributed by atoms with van der Waals surface area (Å²) in [5, 5.41) is 0. The first kappa shape index (κ1) is 30.6. The van der Waals surface area contributed by atoms with Crippen molar-refractivity contribution in [2.75, 3.05) is 0 Å². The highest BCUT2D eigenvalue weighted by molar-refractivity contribution is 5.86. The second-order valence-corrected chi connectivity index (χ2v) is 13.0. The average Bonchev–Trinajstić information content (AvgIpc) is 3.03. The lowest BCUT2D eigenvalue weighted by atomic mass is 9.71. The molecule has 1 aromatic rings. The summed E-state index contributed by atoms with van der Waals surface area (Å²) in [4.78, 5) is 0. The largest absolute Gasteiger partial charge is 0.0955 e. The molecule has 0 aromatic heterocycles. The number of hydrogen-bond donors (Lipinski definition) is 0. The first-order valence-corrected chi connectivity index (χ1v) is 14.0. The van der Waals surface area contributed by atoms with Gasteiger partial charge in [-0.15, -0.1) is 0 Å². The van der Waals surface area contributed by atoms with Gasteiger partial charge in [0, 0.05) is 5.41 Å². The van der Waals surface area contributed by atoms with Gasteiger partial charge in [0.05, 0.1) is 0 Å². The van der Waals surface area contributed by atoms with Crippen LogP contribution in [0.4, 0.5) is 0 Å². The minimum atomic E-state index is -0.0530. The fraction of sp³-hybridized carbons (Fsp3) is 0.459. The third-order valence-electron chi connectivity index (χ3n) is 8.16. The standard InChI is InChI=1S/C37H52/c1-13-14-17-24-37(25-18-15-16-19-28(4)27(2)3)30(6)32(22-20-29(5)35(7,8)9)33-23-21-31(26-34(33)37)36(10,11)12/h14-23,26,29H,2,4,13,24-25H2,1,3,5-12H3/b17-14-,18-15-,19-16-,22-20-. The third kappa shape index (κ3) is 7.47. The molecule has 2 rings (SSSR count). The van der Waals surface area contributed by atoms with Crippen LogP contribution in [0.5, 0.6) is 0 Å². The van der Waals surface area contributed by atoms with Crippen molar-refractivity contribution in [3.63, 3.8) is 0 Å². The van der Waals surface area contributed by atoms with E-state index in [2.05, 4.69) is 136 Å². The minimum Gasteiger partial charge on any atom is -0.0955 e. The quantitative estimate of drug-likeness (QED) is 0.223. The maximum Gasteiger partial charge on any atom is 0.0243 e. The van der Waals surface area contributed by atoms with Crippen molar-refractivity contribution in [3.05, 3.63) is 113 Å². The van der Waals surface area contributed by atoms with Crippen LogP contribution in [0.2, 0.25) is 0 Å². The van der Waals surface area contributed by atoms with Crippen molar-refractivity contribution < 1.29 is 0 Å². The molecule has 0 heteroatoms. The van der Waals surface area contributed by atoms with Crippen LogP contribution >= 0.6 is 0 Å². The van der Waals surface area contributed by atoms with Gasteiger partial charge in [-0.1, -0.05) is 147 Å². The maximum atomic E-state index is 4.08. The van der Waals surface area contributed by atoms with E-state index in [4.69, 9.17) is 0 Å². The zero-order valence-corrected chi connectivity index (χ0v) is 25.5. The van der Waals surface area contributed by atoms with Gasteiger partial charge in [-0.2, -0.15) is 0 Å². The molecule has 2 unspecified atom stereocenters. The summed E-state index contributed by atoms with van der Waals surface area (Å²) in [6, 6.07) is 7.22. The second kappa shape index (κ2) is 12.3. The Morgan fingerprint density at radius 2 is 1.62 bits per heavy atom. The van der Waals surface area contributed by atoms with Crippen LogP contribution < -0.4 is 0 Å². The zero-order valence-electron chi connectivity index (χ0n) is 25.5. The molecule has 0 N–H and O–H groups in total. The number of allylic oxidation sites excluding steroid dienone is 12. The van der Waals surface area contributed by atoms with Crippen LogP contribution in [0.25, 0.3) is 5.57 Å². The molecule has 0 saturated heterocycles. The molecule has 0 bridgehead atoms. The summed E-state index contributed by atoms with van der Waals surface area (Å²) < 4.78 is 0. The van der Waals surface area contributed by atoms with E-state index in [0.29, 0.717) is 5.92 Å². The molecule has 37 heavy (non-hydrogen) atoms. The molecule has 2 atom stereocenters.